The number of rotatable bonds is 8. The third-order valence-corrected chi connectivity index (χ3v) is 5.58. The van der Waals surface area contributed by atoms with Gasteiger partial charge in [0.05, 0.1) is 11.5 Å². The molecule has 0 aliphatic heterocycles. The van der Waals surface area contributed by atoms with Crippen molar-refractivity contribution in [3.05, 3.63) is 35.4 Å². The molecule has 0 spiro atoms. The molecule has 23 heavy (non-hydrogen) atoms. The summed E-state index contributed by atoms with van der Waals surface area (Å²) in [5, 5.41) is -1.23. The number of unbranched alkanes of at least 4 members (excludes halogenated alkanes) is 1. The maximum absolute atomic E-state index is 12.9. The van der Waals surface area contributed by atoms with Crippen LogP contribution in [0.2, 0.25) is 0 Å². The van der Waals surface area contributed by atoms with Crippen LogP contribution in [0.5, 0.6) is 0 Å². The smallest absolute Gasteiger partial charge is 0.418 e. The van der Waals surface area contributed by atoms with Gasteiger partial charge in [0.25, 0.3) is 0 Å². The van der Waals surface area contributed by atoms with Crippen molar-refractivity contribution in [1.29, 1.82) is 0 Å². The third-order valence-electron chi connectivity index (χ3n) is 3.44. The number of carbonyl (C=O) groups is 1. The molecule has 0 amide bonds. The fraction of sp³-hybridized carbons (Fsp3) is 0.500. The minimum Gasteiger partial charge on any atom is -0.457 e. The van der Waals surface area contributed by atoms with Crippen LogP contribution in [0.15, 0.2) is 29.2 Å². The highest BCUT2D eigenvalue weighted by Crippen LogP contribution is 2.22. The van der Waals surface area contributed by atoms with E-state index in [1.807, 2.05) is 13.8 Å². The summed E-state index contributed by atoms with van der Waals surface area (Å²) in [6.45, 7) is 5.44. The first-order valence-electron chi connectivity index (χ1n) is 7.58. The zero-order valence-electron chi connectivity index (χ0n) is 13.7. The van der Waals surface area contributed by atoms with Crippen LogP contribution in [0.3, 0.4) is 0 Å². The van der Waals surface area contributed by atoms with E-state index in [2.05, 4.69) is 4.79 Å². The zero-order chi connectivity index (χ0) is 17.5. The molecule has 1 unspecified atom stereocenters. The Bertz CT molecular complexity index is 689. The van der Waals surface area contributed by atoms with Crippen molar-refractivity contribution in [2.24, 2.45) is 0 Å². The van der Waals surface area contributed by atoms with Crippen LogP contribution in [-0.2, 0) is 19.4 Å². The Kier molecular flexibility index (Phi) is 7.13. The number of carbonyl (C=O) groups excluding carboxylic acids is 1. The molecular formula is C16H22N2O4S. The topological polar surface area (TPSA) is 96.8 Å². The van der Waals surface area contributed by atoms with Crippen LogP contribution >= 0.6 is 0 Å². The van der Waals surface area contributed by atoms with E-state index in [1.54, 1.807) is 19.1 Å². The molecule has 0 aromatic heterocycles. The first-order chi connectivity index (χ1) is 10.9. The quantitative estimate of drug-likeness (QED) is 0.315. The molecule has 0 saturated carbocycles. The van der Waals surface area contributed by atoms with Gasteiger partial charge in [0, 0.05) is 0 Å². The van der Waals surface area contributed by atoms with E-state index in [-0.39, 0.29) is 17.9 Å². The summed E-state index contributed by atoms with van der Waals surface area (Å²) in [5.74, 6) is -0.910. The van der Waals surface area contributed by atoms with Crippen LogP contribution in [0.1, 0.15) is 38.7 Å². The lowest BCUT2D eigenvalue weighted by Gasteiger charge is -2.13. The lowest BCUT2D eigenvalue weighted by molar-refractivity contribution is -0.140. The van der Waals surface area contributed by atoms with Gasteiger partial charge in [0.2, 0.25) is 0 Å². The molecular weight excluding hydrogens is 316 g/mol. The van der Waals surface area contributed by atoms with Gasteiger partial charge < -0.3 is 10.3 Å². The number of hydrogen-bond acceptors (Lipinski definition) is 4. The van der Waals surface area contributed by atoms with Gasteiger partial charge >= 0.3 is 11.7 Å². The van der Waals surface area contributed by atoms with Gasteiger partial charge in [0.15, 0.2) is 15.1 Å². The average Bonchev–Trinajstić information content (AvgIpc) is 2.51. The van der Waals surface area contributed by atoms with Crippen molar-refractivity contribution in [3.8, 4) is 0 Å². The molecule has 1 rings (SSSR count). The second-order valence-corrected chi connectivity index (χ2v) is 7.33. The molecule has 0 saturated heterocycles. The molecule has 7 heteroatoms. The molecule has 0 aliphatic carbocycles. The third kappa shape index (κ3) is 4.74. The molecule has 126 valence electrons. The minimum atomic E-state index is -3.86. The molecule has 0 bridgehead atoms. The number of sulfone groups is 1. The Hall–Kier alpha value is -1.98. The number of nitrogens with zero attached hydrogens (tertiary/aromatic N) is 2. The summed E-state index contributed by atoms with van der Waals surface area (Å²) in [5.41, 5.74) is 9.62. The van der Waals surface area contributed by atoms with E-state index in [0.717, 1.165) is 12.0 Å². The molecule has 0 fully saturated rings. The molecule has 1 aromatic rings. The standard InChI is InChI=1S/C16H22N2O4S/c1-4-6-7-14(15(18-17)16(19)22-5-2)23(20,21)13-10-8-12(3)9-11-13/h8-11,14H,4-7H2,1-3H3. The van der Waals surface area contributed by atoms with Crippen LogP contribution < -0.4 is 0 Å². The zero-order valence-corrected chi connectivity index (χ0v) is 14.5. The van der Waals surface area contributed by atoms with Gasteiger partial charge in [-0.3, -0.25) is 0 Å². The fourth-order valence-corrected chi connectivity index (χ4v) is 3.92. The van der Waals surface area contributed by atoms with Crippen molar-refractivity contribution in [2.45, 2.75) is 50.2 Å². The van der Waals surface area contributed by atoms with Crippen molar-refractivity contribution in [3.63, 3.8) is 0 Å². The Balaban J connectivity index is 3.31. The highest BCUT2D eigenvalue weighted by molar-refractivity contribution is 7.93. The molecule has 0 radical (unpaired) electrons. The molecule has 0 heterocycles. The molecule has 0 N–H and O–H groups in total. The van der Waals surface area contributed by atoms with Gasteiger partial charge in [0.1, 0.15) is 0 Å². The maximum Gasteiger partial charge on any atom is 0.418 e. The van der Waals surface area contributed by atoms with Gasteiger partial charge in [-0.25, -0.2) is 13.2 Å². The summed E-state index contributed by atoms with van der Waals surface area (Å²) in [4.78, 5) is 15.0. The van der Waals surface area contributed by atoms with E-state index in [4.69, 9.17) is 10.3 Å². The largest absolute Gasteiger partial charge is 0.457 e. The summed E-state index contributed by atoms with van der Waals surface area (Å²) in [6.07, 6.45) is 1.51. The van der Waals surface area contributed by atoms with Gasteiger partial charge in [-0.05, 0) is 32.4 Å². The Morgan fingerprint density at radius 2 is 1.87 bits per heavy atom. The number of esters is 1. The number of ether oxygens (including phenoxy) is 1. The van der Waals surface area contributed by atoms with Crippen molar-refractivity contribution < 1.29 is 22.7 Å². The minimum absolute atomic E-state index is 0.0724. The highest BCUT2D eigenvalue weighted by atomic mass is 32.2. The van der Waals surface area contributed by atoms with E-state index in [9.17, 15) is 13.2 Å². The van der Waals surface area contributed by atoms with E-state index >= 15 is 0 Å². The average molecular weight is 338 g/mol. The lowest BCUT2D eigenvalue weighted by Crippen LogP contribution is -2.37. The predicted molar refractivity (Wildman–Crippen MR) is 86.9 cm³/mol. The van der Waals surface area contributed by atoms with Gasteiger partial charge in [-0.15, -0.1) is 0 Å². The normalized spacial score (nSPS) is 12.3. The fourth-order valence-electron chi connectivity index (χ4n) is 2.16. The van der Waals surface area contributed by atoms with Crippen LogP contribution in [0, 0.1) is 6.92 Å². The van der Waals surface area contributed by atoms with Crippen molar-refractivity contribution in [1.82, 2.24) is 0 Å². The van der Waals surface area contributed by atoms with Gasteiger partial charge in [-0.1, -0.05) is 37.5 Å². The van der Waals surface area contributed by atoms with E-state index in [1.165, 1.54) is 12.1 Å². The predicted octanol–water partition coefficient (Wildman–Crippen LogP) is 2.56. The Morgan fingerprint density at radius 3 is 2.35 bits per heavy atom. The molecule has 0 aliphatic rings. The SMILES string of the molecule is CCCCC(C(=[N+]=[N-])C(=O)OCC)S(=O)(=O)c1ccc(C)cc1. The summed E-state index contributed by atoms with van der Waals surface area (Å²) >= 11 is 0. The van der Waals surface area contributed by atoms with E-state index in [0.29, 0.717) is 6.42 Å². The Labute approximate surface area is 137 Å². The van der Waals surface area contributed by atoms with Crippen LogP contribution in [0.25, 0.3) is 5.53 Å². The van der Waals surface area contributed by atoms with Crippen LogP contribution in [-0.4, -0.2) is 36.7 Å². The summed E-state index contributed by atoms with van der Waals surface area (Å²) in [7, 11) is -3.86. The van der Waals surface area contributed by atoms with Crippen molar-refractivity contribution in [2.75, 3.05) is 6.61 Å². The highest BCUT2D eigenvalue weighted by Gasteiger charge is 2.42. The Morgan fingerprint density at radius 1 is 1.26 bits per heavy atom. The molecule has 1 aromatic carbocycles. The maximum atomic E-state index is 12.9. The van der Waals surface area contributed by atoms with E-state index < -0.39 is 26.8 Å². The monoisotopic (exact) mass is 338 g/mol. The molecule has 1 atom stereocenters. The lowest BCUT2D eigenvalue weighted by atomic mass is 10.1. The number of benzene rings is 1. The first kappa shape index (κ1) is 19.1. The second-order valence-electron chi connectivity index (χ2n) is 5.19. The first-order valence-corrected chi connectivity index (χ1v) is 9.12. The number of hydrogen-bond donors (Lipinski definition) is 0. The van der Waals surface area contributed by atoms with Gasteiger partial charge in [-0.2, -0.15) is 4.79 Å². The number of aryl methyl sites for hydroxylation is 1. The summed E-state index contributed by atoms with van der Waals surface area (Å²) < 4.78 is 30.5. The van der Waals surface area contributed by atoms with Crippen LogP contribution in [0.4, 0.5) is 0 Å². The second kappa shape index (κ2) is 8.60. The molecule has 6 nitrogen and oxygen atoms in total. The van der Waals surface area contributed by atoms with Crippen molar-refractivity contribution >= 4 is 21.5 Å². The summed E-state index contributed by atoms with van der Waals surface area (Å²) in [6, 6.07) is 6.35.